The van der Waals surface area contributed by atoms with E-state index in [0.717, 1.165) is 27.9 Å². The highest BCUT2D eigenvalue weighted by Gasteiger charge is 2.22. The first-order valence-electron chi connectivity index (χ1n) is 7.69. The van der Waals surface area contributed by atoms with Crippen molar-refractivity contribution in [2.45, 2.75) is 6.92 Å². The number of hydrogen-bond donors (Lipinski definition) is 1. The van der Waals surface area contributed by atoms with E-state index < -0.39 is 0 Å². The fourth-order valence-electron chi connectivity index (χ4n) is 2.70. The molecular formula is C19H13N3OS2. The van der Waals surface area contributed by atoms with Crippen LogP contribution in [0.3, 0.4) is 0 Å². The first-order chi connectivity index (χ1) is 12.1. The predicted octanol–water partition coefficient (Wildman–Crippen LogP) is 4.09. The number of nitrogens with one attached hydrogen (secondary N) is 1. The molecule has 1 amide bonds. The molecule has 1 aliphatic rings. The molecule has 0 bridgehead atoms. The molecule has 0 radical (unpaired) electrons. The minimum absolute atomic E-state index is 0.179. The first kappa shape index (κ1) is 15.9. The molecule has 3 heterocycles. The van der Waals surface area contributed by atoms with Gasteiger partial charge >= 0.3 is 0 Å². The van der Waals surface area contributed by atoms with Gasteiger partial charge in [0.1, 0.15) is 4.32 Å². The van der Waals surface area contributed by atoms with Crippen molar-refractivity contribution in [3.63, 3.8) is 0 Å². The van der Waals surface area contributed by atoms with Crippen LogP contribution in [-0.4, -0.2) is 20.2 Å². The molecule has 122 valence electrons. The molecule has 0 aliphatic carbocycles. The van der Waals surface area contributed by atoms with E-state index in [9.17, 15) is 4.79 Å². The van der Waals surface area contributed by atoms with Crippen molar-refractivity contribution >= 4 is 51.2 Å². The van der Waals surface area contributed by atoms with Gasteiger partial charge in [0.2, 0.25) is 0 Å². The molecular weight excluding hydrogens is 350 g/mol. The lowest BCUT2D eigenvalue weighted by Gasteiger charge is -2.07. The highest BCUT2D eigenvalue weighted by molar-refractivity contribution is 8.26. The van der Waals surface area contributed by atoms with Gasteiger partial charge in [-0.1, -0.05) is 48.2 Å². The Hall–Kier alpha value is -2.57. The Bertz CT molecular complexity index is 1060. The number of rotatable bonds is 2. The van der Waals surface area contributed by atoms with Crippen molar-refractivity contribution in [3.05, 3.63) is 64.7 Å². The highest BCUT2D eigenvalue weighted by Crippen LogP contribution is 2.27. The fraction of sp³-hybridized carbons (Fsp3) is 0.0526. The summed E-state index contributed by atoms with van der Waals surface area (Å²) in [7, 11) is 0. The first-order valence-corrected chi connectivity index (χ1v) is 8.91. The Kier molecular flexibility index (Phi) is 4.07. The lowest BCUT2D eigenvalue weighted by molar-refractivity contribution is -0.115. The van der Waals surface area contributed by atoms with Crippen LogP contribution < -0.4 is 5.32 Å². The zero-order chi connectivity index (χ0) is 17.4. The Labute approximate surface area is 154 Å². The Morgan fingerprint density at radius 2 is 1.96 bits per heavy atom. The summed E-state index contributed by atoms with van der Waals surface area (Å²) in [6, 6.07) is 15.8. The van der Waals surface area contributed by atoms with Crippen LogP contribution in [0.2, 0.25) is 0 Å². The van der Waals surface area contributed by atoms with Gasteiger partial charge in [-0.2, -0.15) is 0 Å². The largest absolute Gasteiger partial charge is 0.307 e. The maximum Gasteiger partial charge on any atom is 0.263 e. The van der Waals surface area contributed by atoms with Gasteiger partial charge in [-0.3, -0.25) is 4.79 Å². The number of nitrogens with zero attached hydrogens (tertiary/aromatic N) is 2. The van der Waals surface area contributed by atoms with Crippen molar-refractivity contribution < 1.29 is 4.79 Å². The molecule has 0 saturated carbocycles. The lowest BCUT2D eigenvalue weighted by atomic mass is 10.1. The Morgan fingerprint density at radius 1 is 1.12 bits per heavy atom. The lowest BCUT2D eigenvalue weighted by Crippen LogP contribution is -2.17. The average molecular weight is 363 g/mol. The predicted molar refractivity (Wildman–Crippen MR) is 106 cm³/mol. The number of hydrogen-bond acceptors (Lipinski definition) is 5. The number of aromatic nitrogens is 2. The summed E-state index contributed by atoms with van der Waals surface area (Å²) < 4.78 is 0.472. The third-order valence-electron chi connectivity index (χ3n) is 3.85. The average Bonchev–Trinajstić information content (AvgIpc) is 2.91. The quantitative estimate of drug-likeness (QED) is 0.549. The van der Waals surface area contributed by atoms with Crippen LogP contribution in [0.25, 0.3) is 28.4 Å². The monoisotopic (exact) mass is 363 g/mol. The topological polar surface area (TPSA) is 54.9 Å². The van der Waals surface area contributed by atoms with Crippen LogP contribution in [0.15, 0.2) is 53.4 Å². The van der Waals surface area contributed by atoms with Crippen LogP contribution in [0.4, 0.5) is 0 Å². The van der Waals surface area contributed by atoms with Crippen molar-refractivity contribution in [3.8, 4) is 11.4 Å². The highest BCUT2D eigenvalue weighted by atomic mass is 32.2. The summed E-state index contributed by atoms with van der Waals surface area (Å²) in [5, 5.41) is 3.72. The molecule has 1 aliphatic heterocycles. The number of carbonyl (C=O) groups excluding carboxylic acids is 1. The summed E-state index contributed by atoms with van der Waals surface area (Å²) in [5.41, 5.74) is 4.32. The van der Waals surface area contributed by atoms with E-state index in [1.165, 1.54) is 11.8 Å². The second kappa shape index (κ2) is 6.38. The second-order valence-corrected chi connectivity index (χ2v) is 7.37. The fourth-order valence-corrected chi connectivity index (χ4v) is 3.73. The Morgan fingerprint density at radius 3 is 2.76 bits per heavy atom. The second-order valence-electron chi connectivity index (χ2n) is 5.65. The van der Waals surface area contributed by atoms with E-state index in [2.05, 4.69) is 16.4 Å². The number of thioether (sulfide) groups is 1. The van der Waals surface area contributed by atoms with Gasteiger partial charge in [0.25, 0.3) is 5.91 Å². The van der Waals surface area contributed by atoms with E-state index in [1.54, 1.807) is 6.08 Å². The SMILES string of the molecule is Cc1cc2ccccc2nc1-c1cccc(C=C2SC(=S)NC2=O)n1. The van der Waals surface area contributed by atoms with Crippen molar-refractivity contribution in [2.24, 2.45) is 0 Å². The number of fused-ring (bicyclic) bond motifs is 1. The Balaban J connectivity index is 1.77. The number of para-hydroxylation sites is 1. The van der Waals surface area contributed by atoms with E-state index >= 15 is 0 Å². The normalized spacial score (nSPS) is 15.8. The minimum atomic E-state index is -0.179. The molecule has 1 fully saturated rings. The molecule has 1 N–H and O–H groups in total. The van der Waals surface area contributed by atoms with Gasteiger partial charge in [-0.05, 0) is 42.8 Å². The van der Waals surface area contributed by atoms with Crippen LogP contribution in [0, 0.1) is 6.92 Å². The molecule has 0 spiro atoms. The van der Waals surface area contributed by atoms with E-state index in [1.807, 2.05) is 49.4 Å². The molecule has 3 aromatic rings. The van der Waals surface area contributed by atoms with Crippen molar-refractivity contribution in [1.29, 1.82) is 0 Å². The van der Waals surface area contributed by atoms with E-state index in [-0.39, 0.29) is 5.91 Å². The van der Waals surface area contributed by atoms with Crippen LogP contribution in [0.1, 0.15) is 11.3 Å². The molecule has 4 rings (SSSR count). The van der Waals surface area contributed by atoms with Gasteiger partial charge in [-0.25, -0.2) is 9.97 Å². The number of aryl methyl sites for hydroxylation is 1. The zero-order valence-corrected chi connectivity index (χ0v) is 14.9. The minimum Gasteiger partial charge on any atom is -0.307 e. The number of pyridine rings is 2. The maximum atomic E-state index is 11.8. The summed E-state index contributed by atoms with van der Waals surface area (Å²) >= 11 is 6.26. The van der Waals surface area contributed by atoms with Gasteiger partial charge in [0.05, 0.1) is 27.5 Å². The molecule has 2 aromatic heterocycles. The molecule has 4 nitrogen and oxygen atoms in total. The van der Waals surface area contributed by atoms with Gasteiger partial charge < -0.3 is 5.32 Å². The third-order valence-corrected chi connectivity index (χ3v) is 5.01. The third kappa shape index (κ3) is 3.18. The molecule has 0 atom stereocenters. The van der Waals surface area contributed by atoms with Gasteiger partial charge in [0, 0.05) is 5.39 Å². The van der Waals surface area contributed by atoms with Crippen molar-refractivity contribution in [1.82, 2.24) is 15.3 Å². The molecule has 6 heteroatoms. The number of amides is 1. The van der Waals surface area contributed by atoms with Crippen LogP contribution >= 0.6 is 24.0 Å². The number of thiocarbonyl (C=S) groups is 1. The van der Waals surface area contributed by atoms with E-state index in [4.69, 9.17) is 17.2 Å². The molecule has 0 unspecified atom stereocenters. The summed E-state index contributed by atoms with van der Waals surface area (Å²) in [6.07, 6.45) is 1.75. The number of benzene rings is 1. The van der Waals surface area contributed by atoms with Gasteiger partial charge in [0.15, 0.2) is 0 Å². The van der Waals surface area contributed by atoms with Crippen molar-refractivity contribution in [2.75, 3.05) is 0 Å². The molecule has 1 saturated heterocycles. The molecule has 1 aromatic carbocycles. The zero-order valence-electron chi connectivity index (χ0n) is 13.3. The van der Waals surface area contributed by atoms with Gasteiger partial charge in [-0.15, -0.1) is 0 Å². The smallest absolute Gasteiger partial charge is 0.263 e. The van der Waals surface area contributed by atoms with Crippen LogP contribution in [-0.2, 0) is 4.79 Å². The summed E-state index contributed by atoms with van der Waals surface area (Å²) in [5.74, 6) is -0.179. The summed E-state index contributed by atoms with van der Waals surface area (Å²) in [4.78, 5) is 21.8. The number of carbonyl (C=O) groups is 1. The molecule has 25 heavy (non-hydrogen) atoms. The summed E-state index contributed by atoms with van der Waals surface area (Å²) in [6.45, 7) is 2.03. The maximum absolute atomic E-state index is 11.8. The van der Waals surface area contributed by atoms with Crippen LogP contribution in [0.5, 0.6) is 0 Å². The van der Waals surface area contributed by atoms with E-state index in [0.29, 0.717) is 14.9 Å². The standard InChI is InChI=1S/C19H13N3OS2/c1-11-9-12-5-2-3-7-14(12)21-17(11)15-8-4-6-13(20-15)10-16-18(23)22-19(24)25-16/h2-10H,1H3,(H,22,23,24).